The Morgan fingerprint density at radius 3 is 2.26 bits per heavy atom. The summed E-state index contributed by atoms with van der Waals surface area (Å²) >= 11 is 0. The third kappa shape index (κ3) is 7.95. The molecule has 47 heavy (non-hydrogen) atoms. The highest BCUT2D eigenvalue weighted by Gasteiger charge is 2.31. The second-order valence-corrected chi connectivity index (χ2v) is 12.6. The van der Waals surface area contributed by atoms with Crippen LogP contribution in [0.3, 0.4) is 0 Å². The second kappa shape index (κ2) is 14.0. The zero-order chi connectivity index (χ0) is 32.8. The van der Waals surface area contributed by atoms with Crippen LogP contribution in [0.15, 0.2) is 91.1 Å². The van der Waals surface area contributed by atoms with Gasteiger partial charge in [-0.15, -0.1) is 0 Å². The molecule has 244 valence electrons. The van der Waals surface area contributed by atoms with Crippen molar-refractivity contribution in [2.75, 3.05) is 25.5 Å². The van der Waals surface area contributed by atoms with Crippen LogP contribution in [0.2, 0.25) is 0 Å². The van der Waals surface area contributed by atoms with Gasteiger partial charge in [-0.2, -0.15) is 5.10 Å². The van der Waals surface area contributed by atoms with Crippen LogP contribution in [-0.2, 0) is 11.3 Å². The SMILES string of the molecule is COc1ccc(Cn2nc(NC[C@@H]3CCCCN3C(=O)OC(C)(C)C)c3c(Oc4ccc(Oc5ccccc5)cc4)ccnc32)cc1. The first-order valence-electron chi connectivity index (χ1n) is 16.0. The molecule has 0 bridgehead atoms. The number of amides is 1. The van der Waals surface area contributed by atoms with Gasteiger partial charge in [0.1, 0.15) is 39.7 Å². The molecule has 2 aromatic heterocycles. The summed E-state index contributed by atoms with van der Waals surface area (Å²) in [6.07, 6.45) is 4.30. The van der Waals surface area contributed by atoms with Crippen molar-refractivity contribution in [3.05, 3.63) is 96.7 Å². The average molecular weight is 636 g/mol. The van der Waals surface area contributed by atoms with Crippen LogP contribution in [0, 0.1) is 0 Å². The lowest BCUT2D eigenvalue weighted by Crippen LogP contribution is -2.48. The zero-order valence-electron chi connectivity index (χ0n) is 27.3. The molecule has 0 radical (unpaired) electrons. The van der Waals surface area contributed by atoms with Gasteiger partial charge in [0.2, 0.25) is 0 Å². The van der Waals surface area contributed by atoms with Gasteiger partial charge >= 0.3 is 6.09 Å². The van der Waals surface area contributed by atoms with Gasteiger partial charge in [0.25, 0.3) is 0 Å². The number of para-hydroxylation sites is 1. The average Bonchev–Trinajstić information content (AvgIpc) is 3.42. The molecule has 0 unspecified atom stereocenters. The lowest BCUT2D eigenvalue weighted by atomic mass is 10.0. The zero-order valence-corrected chi connectivity index (χ0v) is 27.3. The molecule has 5 aromatic rings. The third-order valence-corrected chi connectivity index (χ3v) is 7.88. The highest BCUT2D eigenvalue weighted by Crippen LogP contribution is 2.35. The molecular formula is C37H41N5O5. The monoisotopic (exact) mass is 635 g/mol. The van der Waals surface area contributed by atoms with Gasteiger partial charge < -0.3 is 29.2 Å². The van der Waals surface area contributed by atoms with Gasteiger partial charge in [0.15, 0.2) is 11.5 Å². The minimum atomic E-state index is -0.563. The molecule has 0 aliphatic carbocycles. The molecule has 0 spiro atoms. The molecule has 3 aromatic carbocycles. The van der Waals surface area contributed by atoms with Crippen molar-refractivity contribution in [3.8, 4) is 28.7 Å². The van der Waals surface area contributed by atoms with Crippen LogP contribution in [0.4, 0.5) is 10.6 Å². The van der Waals surface area contributed by atoms with E-state index in [0.717, 1.165) is 41.7 Å². The van der Waals surface area contributed by atoms with Crippen molar-refractivity contribution in [2.24, 2.45) is 0 Å². The Balaban J connectivity index is 1.28. The lowest BCUT2D eigenvalue weighted by Gasteiger charge is -2.36. The number of rotatable bonds is 10. The number of anilines is 1. The Hall–Kier alpha value is -5.25. The summed E-state index contributed by atoms with van der Waals surface area (Å²) in [6, 6.07) is 26.8. The minimum Gasteiger partial charge on any atom is -0.497 e. The van der Waals surface area contributed by atoms with Crippen molar-refractivity contribution >= 4 is 22.9 Å². The molecule has 1 atom stereocenters. The van der Waals surface area contributed by atoms with Crippen LogP contribution in [-0.4, -0.2) is 57.6 Å². The van der Waals surface area contributed by atoms with Crippen molar-refractivity contribution in [1.29, 1.82) is 0 Å². The molecule has 1 aliphatic rings. The van der Waals surface area contributed by atoms with Gasteiger partial charge in [-0.1, -0.05) is 30.3 Å². The van der Waals surface area contributed by atoms with E-state index in [9.17, 15) is 4.79 Å². The highest BCUT2D eigenvalue weighted by molar-refractivity contribution is 5.93. The van der Waals surface area contributed by atoms with Crippen molar-refractivity contribution in [1.82, 2.24) is 19.7 Å². The number of carbonyl (C=O) groups excluding carboxylic acids is 1. The number of nitrogens with zero attached hydrogens (tertiary/aromatic N) is 4. The normalized spacial score (nSPS) is 14.9. The van der Waals surface area contributed by atoms with E-state index in [4.69, 9.17) is 29.0 Å². The molecule has 0 saturated carbocycles. The van der Waals surface area contributed by atoms with Gasteiger partial charge in [-0.3, -0.25) is 0 Å². The van der Waals surface area contributed by atoms with Crippen molar-refractivity contribution in [2.45, 2.75) is 58.2 Å². The predicted octanol–water partition coefficient (Wildman–Crippen LogP) is 8.27. The maximum absolute atomic E-state index is 13.1. The summed E-state index contributed by atoms with van der Waals surface area (Å²) in [6.45, 7) is 7.34. The summed E-state index contributed by atoms with van der Waals surface area (Å²) in [4.78, 5) is 19.7. The van der Waals surface area contributed by atoms with Crippen LogP contribution in [0.25, 0.3) is 11.0 Å². The largest absolute Gasteiger partial charge is 0.497 e. The van der Waals surface area contributed by atoms with E-state index in [1.165, 1.54) is 0 Å². The molecule has 1 amide bonds. The van der Waals surface area contributed by atoms with E-state index in [2.05, 4.69) is 5.32 Å². The first-order valence-corrected chi connectivity index (χ1v) is 16.0. The number of aromatic nitrogens is 3. The number of likely N-dealkylation sites (tertiary alicyclic amines) is 1. The quantitative estimate of drug-likeness (QED) is 0.164. The fraction of sp³-hybridized carbons (Fsp3) is 0.324. The van der Waals surface area contributed by atoms with Crippen LogP contribution >= 0.6 is 0 Å². The van der Waals surface area contributed by atoms with Crippen LogP contribution in [0.5, 0.6) is 28.7 Å². The fourth-order valence-corrected chi connectivity index (χ4v) is 5.61. The first-order chi connectivity index (χ1) is 22.8. The third-order valence-electron chi connectivity index (χ3n) is 7.88. The van der Waals surface area contributed by atoms with Crippen molar-refractivity contribution in [3.63, 3.8) is 0 Å². The number of carbonyl (C=O) groups is 1. The maximum atomic E-state index is 13.1. The number of ether oxygens (including phenoxy) is 4. The number of hydrogen-bond acceptors (Lipinski definition) is 8. The van der Waals surface area contributed by atoms with E-state index in [1.807, 2.05) is 115 Å². The van der Waals surface area contributed by atoms with E-state index in [-0.39, 0.29) is 12.1 Å². The van der Waals surface area contributed by atoms with Gasteiger partial charge in [0, 0.05) is 25.4 Å². The van der Waals surface area contributed by atoms with E-state index < -0.39 is 5.60 Å². The molecule has 1 aliphatic heterocycles. The smallest absolute Gasteiger partial charge is 0.410 e. The Morgan fingerprint density at radius 2 is 1.55 bits per heavy atom. The number of hydrogen-bond donors (Lipinski definition) is 1. The summed E-state index contributed by atoms with van der Waals surface area (Å²) in [5.41, 5.74) is 1.16. The summed E-state index contributed by atoms with van der Waals surface area (Å²) in [5.74, 6) is 4.16. The number of nitrogens with one attached hydrogen (secondary N) is 1. The summed E-state index contributed by atoms with van der Waals surface area (Å²) < 4.78 is 25.3. The number of methoxy groups -OCH3 is 1. The standard InChI is InChI=1S/C37H41N5O5/c1-37(2,3)47-36(43)41-23-9-8-10-27(41)24-39-34-33-32(46-31-19-17-30(18-20-31)45-29-11-6-5-7-12-29)21-22-38-35(33)42(40-34)25-26-13-15-28(44-4)16-14-26/h5-7,11-22,27H,8-10,23-25H2,1-4H3,(H,39,40)/t27-/m0/s1. The second-order valence-electron chi connectivity index (χ2n) is 12.6. The Kier molecular flexibility index (Phi) is 9.47. The Bertz CT molecular complexity index is 1780. The van der Waals surface area contributed by atoms with E-state index >= 15 is 0 Å². The highest BCUT2D eigenvalue weighted by atomic mass is 16.6. The molecule has 10 nitrogen and oxygen atoms in total. The van der Waals surface area contributed by atoms with Crippen LogP contribution in [0.1, 0.15) is 45.6 Å². The Labute approximate surface area is 275 Å². The first kappa shape index (κ1) is 31.7. The van der Waals surface area contributed by atoms with Crippen LogP contribution < -0.4 is 19.5 Å². The topological polar surface area (TPSA) is 100.0 Å². The maximum Gasteiger partial charge on any atom is 0.410 e. The summed E-state index contributed by atoms with van der Waals surface area (Å²) in [5, 5.41) is 9.29. The molecule has 10 heteroatoms. The fourth-order valence-electron chi connectivity index (χ4n) is 5.61. The minimum absolute atomic E-state index is 0.0430. The molecule has 1 saturated heterocycles. The Morgan fingerprint density at radius 1 is 0.872 bits per heavy atom. The van der Waals surface area contributed by atoms with Crippen molar-refractivity contribution < 1.29 is 23.7 Å². The molecule has 3 heterocycles. The number of pyridine rings is 1. The van der Waals surface area contributed by atoms with Gasteiger partial charge in [0.05, 0.1) is 19.7 Å². The lowest BCUT2D eigenvalue weighted by molar-refractivity contribution is 0.0114. The van der Waals surface area contributed by atoms with Gasteiger partial charge in [-0.25, -0.2) is 14.5 Å². The molecular weight excluding hydrogens is 594 g/mol. The number of piperidine rings is 1. The molecule has 1 N–H and O–H groups in total. The van der Waals surface area contributed by atoms with E-state index in [0.29, 0.717) is 48.3 Å². The van der Waals surface area contributed by atoms with E-state index in [1.54, 1.807) is 13.3 Å². The predicted molar refractivity (Wildman–Crippen MR) is 182 cm³/mol. The molecule has 6 rings (SSSR count). The number of fused-ring (bicyclic) bond motifs is 1. The number of benzene rings is 3. The molecule has 1 fully saturated rings. The van der Waals surface area contributed by atoms with Gasteiger partial charge in [-0.05, 0) is 94.1 Å². The summed E-state index contributed by atoms with van der Waals surface area (Å²) in [7, 11) is 1.65.